The molecular formula is C17H11F3N4O. The van der Waals surface area contributed by atoms with Crippen LogP contribution in [0.5, 0.6) is 5.75 Å². The van der Waals surface area contributed by atoms with Crippen LogP contribution in [-0.2, 0) is 6.61 Å². The number of aromatic nitrogens is 3. The zero-order chi connectivity index (χ0) is 18.0. The van der Waals surface area contributed by atoms with Gasteiger partial charge in [0, 0.05) is 17.2 Å². The number of nitrogens with zero attached hydrogens (tertiary/aromatic N) is 3. The summed E-state index contributed by atoms with van der Waals surface area (Å²) in [6, 6.07) is 8.29. The molecule has 0 unspecified atom stereocenters. The van der Waals surface area contributed by atoms with Crippen molar-refractivity contribution in [2.24, 2.45) is 0 Å². The standard InChI is InChI=1S/C17H11F3N4O/c1-9-3-2-4-11(16-15(7-21)22-24-23-16)17(9)25-8-10-5-13(19)14(20)6-12(10)18/h2-6H,8H2,1H3,(H,22,23,24). The number of benzene rings is 2. The zero-order valence-electron chi connectivity index (χ0n) is 13.0. The normalized spacial score (nSPS) is 10.5. The van der Waals surface area contributed by atoms with Gasteiger partial charge in [-0.1, -0.05) is 12.1 Å². The van der Waals surface area contributed by atoms with Gasteiger partial charge in [-0.25, -0.2) is 13.2 Å². The SMILES string of the molecule is Cc1cccc(-c2n[nH]nc2C#N)c1OCc1cc(F)c(F)cc1F. The highest BCUT2D eigenvalue weighted by Crippen LogP contribution is 2.33. The van der Waals surface area contributed by atoms with Gasteiger partial charge in [-0.05, 0) is 24.6 Å². The number of ether oxygens (including phenoxy) is 1. The first-order valence-corrected chi connectivity index (χ1v) is 7.18. The Labute approximate surface area is 140 Å². The molecule has 1 N–H and O–H groups in total. The Bertz CT molecular complexity index is 979. The van der Waals surface area contributed by atoms with Gasteiger partial charge in [-0.3, -0.25) is 0 Å². The molecule has 0 amide bonds. The summed E-state index contributed by atoms with van der Waals surface area (Å²) in [5, 5.41) is 19.1. The van der Waals surface area contributed by atoms with Gasteiger partial charge in [0.25, 0.3) is 0 Å². The van der Waals surface area contributed by atoms with Crippen LogP contribution in [0.25, 0.3) is 11.3 Å². The van der Waals surface area contributed by atoms with Crippen LogP contribution < -0.4 is 4.74 Å². The van der Waals surface area contributed by atoms with Crippen LogP contribution in [-0.4, -0.2) is 15.4 Å². The number of hydrogen-bond donors (Lipinski definition) is 1. The molecule has 0 fully saturated rings. The first-order chi connectivity index (χ1) is 12.0. The third-order valence-electron chi connectivity index (χ3n) is 3.58. The maximum absolute atomic E-state index is 13.8. The molecule has 1 heterocycles. The van der Waals surface area contributed by atoms with Crippen molar-refractivity contribution in [2.75, 3.05) is 0 Å². The van der Waals surface area contributed by atoms with E-state index in [1.165, 1.54) is 0 Å². The van der Waals surface area contributed by atoms with E-state index in [-0.39, 0.29) is 23.6 Å². The topological polar surface area (TPSA) is 74.6 Å². The number of H-pyrrole nitrogens is 1. The van der Waals surface area contributed by atoms with Gasteiger partial charge in [-0.15, -0.1) is 5.10 Å². The third kappa shape index (κ3) is 3.17. The third-order valence-corrected chi connectivity index (χ3v) is 3.58. The summed E-state index contributed by atoms with van der Waals surface area (Å²) in [5.74, 6) is -2.99. The molecule has 25 heavy (non-hydrogen) atoms. The number of para-hydroxylation sites is 1. The van der Waals surface area contributed by atoms with E-state index >= 15 is 0 Å². The van der Waals surface area contributed by atoms with Crippen molar-refractivity contribution in [1.82, 2.24) is 15.4 Å². The fraction of sp³-hybridized carbons (Fsp3) is 0.118. The fourth-order valence-electron chi connectivity index (χ4n) is 2.35. The maximum atomic E-state index is 13.8. The van der Waals surface area contributed by atoms with Crippen molar-refractivity contribution in [1.29, 1.82) is 5.26 Å². The highest BCUT2D eigenvalue weighted by atomic mass is 19.2. The monoisotopic (exact) mass is 344 g/mol. The van der Waals surface area contributed by atoms with Gasteiger partial charge in [0.1, 0.15) is 29.9 Å². The van der Waals surface area contributed by atoms with Crippen LogP contribution in [0.4, 0.5) is 13.2 Å². The summed E-state index contributed by atoms with van der Waals surface area (Å²) < 4.78 is 45.7. The van der Waals surface area contributed by atoms with Crippen LogP contribution in [0.3, 0.4) is 0 Å². The van der Waals surface area contributed by atoms with Gasteiger partial charge >= 0.3 is 0 Å². The molecule has 0 aliphatic carbocycles. The average molecular weight is 344 g/mol. The molecule has 0 aliphatic heterocycles. The lowest BCUT2D eigenvalue weighted by Gasteiger charge is -2.13. The number of nitriles is 1. The smallest absolute Gasteiger partial charge is 0.190 e. The molecule has 0 bridgehead atoms. The second kappa shape index (κ2) is 6.65. The minimum absolute atomic E-state index is 0.0782. The molecule has 8 heteroatoms. The summed E-state index contributed by atoms with van der Waals surface area (Å²) >= 11 is 0. The van der Waals surface area contributed by atoms with E-state index in [2.05, 4.69) is 15.4 Å². The molecule has 0 radical (unpaired) electrons. The molecule has 2 aromatic carbocycles. The molecule has 5 nitrogen and oxygen atoms in total. The van der Waals surface area contributed by atoms with Crippen molar-refractivity contribution in [3.8, 4) is 23.1 Å². The Balaban J connectivity index is 1.96. The van der Waals surface area contributed by atoms with E-state index < -0.39 is 17.5 Å². The quantitative estimate of drug-likeness (QED) is 0.733. The molecule has 0 atom stereocenters. The Morgan fingerprint density at radius 1 is 1.12 bits per heavy atom. The highest BCUT2D eigenvalue weighted by molar-refractivity contribution is 5.72. The largest absolute Gasteiger partial charge is 0.488 e. The molecular weight excluding hydrogens is 333 g/mol. The van der Waals surface area contributed by atoms with Crippen LogP contribution in [0.2, 0.25) is 0 Å². The number of nitrogens with one attached hydrogen (secondary N) is 1. The number of rotatable bonds is 4. The van der Waals surface area contributed by atoms with Crippen LogP contribution in [0.15, 0.2) is 30.3 Å². The summed E-state index contributed by atoms with van der Waals surface area (Å²) in [6.07, 6.45) is 0. The van der Waals surface area contributed by atoms with Crippen molar-refractivity contribution in [2.45, 2.75) is 13.5 Å². The Hall–Kier alpha value is -3.34. The molecule has 3 rings (SSSR count). The van der Waals surface area contributed by atoms with Gasteiger partial charge in [0.15, 0.2) is 17.3 Å². The van der Waals surface area contributed by atoms with Crippen molar-refractivity contribution >= 4 is 0 Å². The van der Waals surface area contributed by atoms with Crippen molar-refractivity contribution < 1.29 is 17.9 Å². The lowest BCUT2D eigenvalue weighted by Crippen LogP contribution is -2.03. The van der Waals surface area contributed by atoms with E-state index in [4.69, 9.17) is 10.00 Å². The van der Waals surface area contributed by atoms with Gasteiger partial charge in [0.05, 0.1) is 0 Å². The number of hydrogen-bond acceptors (Lipinski definition) is 4. The van der Waals surface area contributed by atoms with E-state index in [0.717, 1.165) is 6.07 Å². The van der Waals surface area contributed by atoms with Gasteiger partial charge < -0.3 is 4.74 Å². The molecule has 126 valence electrons. The number of halogens is 3. The second-order valence-electron chi connectivity index (χ2n) is 5.23. The summed E-state index contributed by atoms with van der Waals surface area (Å²) in [4.78, 5) is 0. The molecule has 0 aliphatic rings. The van der Waals surface area contributed by atoms with Crippen molar-refractivity contribution in [3.63, 3.8) is 0 Å². The number of aryl methyl sites for hydroxylation is 1. The number of aromatic amines is 1. The van der Waals surface area contributed by atoms with E-state index in [0.29, 0.717) is 22.9 Å². The average Bonchev–Trinajstić information content (AvgIpc) is 3.06. The van der Waals surface area contributed by atoms with Crippen LogP contribution in [0, 0.1) is 35.7 Å². The predicted molar refractivity (Wildman–Crippen MR) is 81.9 cm³/mol. The highest BCUT2D eigenvalue weighted by Gasteiger charge is 2.17. The lowest BCUT2D eigenvalue weighted by atomic mass is 10.1. The minimum Gasteiger partial charge on any atom is -0.488 e. The minimum atomic E-state index is -1.26. The zero-order valence-corrected chi connectivity index (χ0v) is 13.0. The maximum Gasteiger partial charge on any atom is 0.190 e. The fourth-order valence-corrected chi connectivity index (χ4v) is 2.35. The molecule has 1 aromatic heterocycles. The molecule has 0 saturated carbocycles. The Kier molecular flexibility index (Phi) is 4.39. The summed E-state index contributed by atoms with van der Waals surface area (Å²) in [5.41, 5.74) is 1.41. The van der Waals surface area contributed by atoms with Crippen molar-refractivity contribution in [3.05, 3.63) is 64.6 Å². The lowest BCUT2D eigenvalue weighted by molar-refractivity contribution is 0.297. The van der Waals surface area contributed by atoms with E-state index in [1.54, 1.807) is 25.1 Å². The summed E-state index contributed by atoms with van der Waals surface area (Å²) in [6.45, 7) is 1.44. The molecule has 3 aromatic rings. The van der Waals surface area contributed by atoms with Gasteiger partial charge in [0.2, 0.25) is 0 Å². The van der Waals surface area contributed by atoms with E-state index in [9.17, 15) is 13.2 Å². The van der Waals surface area contributed by atoms with Crippen LogP contribution in [0.1, 0.15) is 16.8 Å². The Morgan fingerprint density at radius 2 is 1.88 bits per heavy atom. The molecule has 0 saturated heterocycles. The Morgan fingerprint density at radius 3 is 2.64 bits per heavy atom. The predicted octanol–water partition coefficient (Wildman–Crippen LogP) is 3.65. The van der Waals surface area contributed by atoms with Gasteiger partial charge in [-0.2, -0.15) is 15.6 Å². The van der Waals surface area contributed by atoms with E-state index in [1.807, 2.05) is 6.07 Å². The molecule has 0 spiro atoms. The second-order valence-corrected chi connectivity index (χ2v) is 5.23. The first kappa shape index (κ1) is 16.5. The van der Waals surface area contributed by atoms with Crippen LogP contribution >= 0.6 is 0 Å². The first-order valence-electron chi connectivity index (χ1n) is 7.18. The summed E-state index contributed by atoms with van der Waals surface area (Å²) in [7, 11) is 0.